The van der Waals surface area contributed by atoms with E-state index in [1.165, 1.54) is 4.57 Å². The third-order valence-corrected chi connectivity index (χ3v) is 6.00. The van der Waals surface area contributed by atoms with Gasteiger partial charge in [0, 0.05) is 12.6 Å². The molecule has 0 atom stereocenters. The first kappa shape index (κ1) is 21.1. The zero-order chi connectivity index (χ0) is 21.8. The van der Waals surface area contributed by atoms with E-state index in [1.54, 1.807) is 6.33 Å². The first-order chi connectivity index (χ1) is 15.1. The summed E-state index contributed by atoms with van der Waals surface area (Å²) in [4.78, 5) is 43.6. The number of aromatic nitrogens is 4. The standard InChI is InChI=1S/C23H29N5O3/c1-2-3-13-24-19(29)15-27-22(30)20-21(25-16-28(20)18-11-7-8-12-18)26(23(27)31)14-17-9-5-4-6-10-17/h4-6,9-10,16,18H,2-3,7-8,11-15H2,1H3,(H,24,29). The molecule has 1 aromatic carbocycles. The molecule has 1 aliphatic rings. The van der Waals surface area contributed by atoms with E-state index in [2.05, 4.69) is 10.3 Å². The fourth-order valence-corrected chi connectivity index (χ4v) is 4.32. The van der Waals surface area contributed by atoms with E-state index in [0.29, 0.717) is 17.7 Å². The summed E-state index contributed by atoms with van der Waals surface area (Å²) in [6.07, 6.45) is 7.68. The first-order valence-electron chi connectivity index (χ1n) is 11.1. The Morgan fingerprint density at radius 2 is 1.87 bits per heavy atom. The molecule has 2 heterocycles. The van der Waals surface area contributed by atoms with Crippen LogP contribution in [0.5, 0.6) is 0 Å². The average Bonchev–Trinajstić information content (AvgIpc) is 3.45. The van der Waals surface area contributed by atoms with Crippen LogP contribution in [0.4, 0.5) is 0 Å². The highest BCUT2D eigenvalue weighted by atomic mass is 16.2. The van der Waals surface area contributed by atoms with Crippen molar-refractivity contribution in [3.8, 4) is 0 Å². The third kappa shape index (κ3) is 4.33. The van der Waals surface area contributed by atoms with Crippen LogP contribution in [0.25, 0.3) is 11.2 Å². The minimum Gasteiger partial charge on any atom is -0.355 e. The van der Waals surface area contributed by atoms with Crippen LogP contribution >= 0.6 is 0 Å². The molecule has 0 spiro atoms. The molecule has 8 heteroatoms. The van der Waals surface area contributed by atoms with Gasteiger partial charge in [0.1, 0.15) is 6.54 Å². The van der Waals surface area contributed by atoms with Gasteiger partial charge in [0.05, 0.1) is 12.9 Å². The lowest BCUT2D eigenvalue weighted by Gasteiger charge is -2.15. The fraction of sp³-hybridized carbons (Fsp3) is 0.478. The van der Waals surface area contributed by atoms with Gasteiger partial charge in [-0.1, -0.05) is 56.5 Å². The predicted molar refractivity (Wildman–Crippen MR) is 119 cm³/mol. The van der Waals surface area contributed by atoms with E-state index < -0.39 is 11.2 Å². The van der Waals surface area contributed by atoms with E-state index in [4.69, 9.17) is 0 Å². The molecular formula is C23H29N5O3. The molecule has 1 amide bonds. The molecule has 1 N–H and O–H groups in total. The number of fused-ring (bicyclic) bond motifs is 1. The van der Waals surface area contributed by atoms with Crippen LogP contribution in [0.1, 0.15) is 57.1 Å². The molecular weight excluding hydrogens is 394 g/mol. The second-order valence-electron chi connectivity index (χ2n) is 8.21. The van der Waals surface area contributed by atoms with Crippen molar-refractivity contribution in [2.45, 2.75) is 64.6 Å². The average molecular weight is 424 g/mol. The van der Waals surface area contributed by atoms with Crippen molar-refractivity contribution in [1.82, 2.24) is 24.0 Å². The number of hydrogen-bond acceptors (Lipinski definition) is 4. The number of amides is 1. The summed E-state index contributed by atoms with van der Waals surface area (Å²) in [6.45, 7) is 2.57. The number of rotatable bonds is 8. The summed E-state index contributed by atoms with van der Waals surface area (Å²) in [6, 6.07) is 9.79. The van der Waals surface area contributed by atoms with Crippen LogP contribution in [0.15, 0.2) is 46.2 Å². The Labute approximate surface area is 180 Å². The summed E-state index contributed by atoms with van der Waals surface area (Å²) in [5.74, 6) is -0.329. The molecule has 0 bridgehead atoms. The number of carbonyl (C=O) groups excluding carboxylic acids is 1. The quantitative estimate of drug-likeness (QED) is 0.564. The lowest BCUT2D eigenvalue weighted by molar-refractivity contribution is -0.121. The van der Waals surface area contributed by atoms with Crippen LogP contribution in [0, 0.1) is 0 Å². The number of hydrogen-bond donors (Lipinski definition) is 1. The molecule has 4 rings (SSSR count). The van der Waals surface area contributed by atoms with Gasteiger partial charge in [0.2, 0.25) is 5.91 Å². The van der Waals surface area contributed by atoms with Gasteiger partial charge in [-0.3, -0.25) is 14.2 Å². The van der Waals surface area contributed by atoms with Crippen LogP contribution in [-0.4, -0.2) is 31.1 Å². The normalized spacial score (nSPS) is 14.4. The Hall–Kier alpha value is -3.16. The SMILES string of the molecule is CCCCNC(=O)Cn1c(=O)c2c(ncn2C2CCCC2)n(Cc2ccccc2)c1=O. The van der Waals surface area contributed by atoms with Crippen molar-refractivity contribution in [2.24, 2.45) is 0 Å². The molecule has 31 heavy (non-hydrogen) atoms. The van der Waals surface area contributed by atoms with E-state index in [0.717, 1.165) is 48.7 Å². The van der Waals surface area contributed by atoms with Crippen LogP contribution in [0.3, 0.4) is 0 Å². The van der Waals surface area contributed by atoms with Crippen LogP contribution in [-0.2, 0) is 17.9 Å². The Bertz CT molecular complexity index is 1170. The Morgan fingerprint density at radius 3 is 2.58 bits per heavy atom. The largest absolute Gasteiger partial charge is 0.355 e. The van der Waals surface area contributed by atoms with E-state index >= 15 is 0 Å². The molecule has 1 aliphatic carbocycles. The number of nitrogens with zero attached hydrogens (tertiary/aromatic N) is 4. The van der Waals surface area contributed by atoms with Gasteiger partial charge < -0.3 is 9.88 Å². The third-order valence-electron chi connectivity index (χ3n) is 6.00. The maximum Gasteiger partial charge on any atom is 0.333 e. The number of benzene rings is 1. The van der Waals surface area contributed by atoms with Gasteiger partial charge in [0.25, 0.3) is 5.56 Å². The van der Waals surface area contributed by atoms with Crippen molar-refractivity contribution in [3.05, 3.63) is 63.1 Å². The lowest BCUT2D eigenvalue weighted by Crippen LogP contribution is -2.44. The van der Waals surface area contributed by atoms with Gasteiger partial charge in [-0.15, -0.1) is 0 Å². The van der Waals surface area contributed by atoms with Crippen molar-refractivity contribution in [2.75, 3.05) is 6.54 Å². The molecule has 3 aromatic rings. The molecule has 8 nitrogen and oxygen atoms in total. The molecule has 0 saturated heterocycles. The second kappa shape index (κ2) is 9.32. The Kier molecular flexibility index (Phi) is 6.34. The predicted octanol–water partition coefficient (Wildman–Crippen LogP) is 2.44. The minimum absolute atomic E-state index is 0.201. The van der Waals surface area contributed by atoms with Crippen LogP contribution in [0.2, 0.25) is 0 Å². The summed E-state index contributed by atoms with van der Waals surface area (Å²) >= 11 is 0. The monoisotopic (exact) mass is 423 g/mol. The van der Waals surface area contributed by atoms with Crippen molar-refractivity contribution >= 4 is 17.1 Å². The van der Waals surface area contributed by atoms with Gasteiger partial charge in [-0.2, -0.15) is 0 Å². The maximum atomic E-state index is 13.4. The van der Waals surface area contributed by atoms with E-state index in [9.17, 15) is 14.4 Å². The number of nitrogens with one attached hydrogen (secondary N) is 1. The molecule has 1 fully saturated rings. The van der Waals surface area contributed by atoms with Crippen molar-refractivity contribution in [1.29, 1.82) is 0 Å². The van der Waals surface area contributed by atoms with E-state index in [-0.39, 0.29) is 25.0 Å². The number of unbranched alkanes of at least 4 members (excludes halogenated alkanes) is 1. The topological polar surface area (TPSA) is 90.9 Å². The highest BCUT2D eigenvalue weighted by Gasteiger charge is 2.24. The highest BCUT2D eigenvalue weighted by Crippen LogP contribution is 2.31. The van der Waals surface area contributed by atoms with Crippen molar-refractivity contribution in [3.63, 3.8) is 0 Å². The molecule has 164 valence electrons. The number of imidazole rings is 1. The summed E-state index contributed by atoms with van der Waals surface area (Å²) < 4.78 is 4.48. The smallest absolute Gasteiger partial charge is 0.333 e. The molecule has 2 aromatic heterocycles. The second-order valence-corrected chi connectivity index (χ2v) is 8.21. The summed E-state index contributed by atoms with van der Waals surface area (Å²) in [7, 11) is 0. The molecule has 0 unspecified atom stereocenters. The van der Waals surface area contributed by atoms with Gasteiger partial charge in [-0.25, -0.2) is 14.3 Å². The zero-order valence-electron chi connectivity index (χ0n) is 17.9. The van der Waals surface area contributed by atoms with E-state index in [1.807, 2.05) is 41.8 Å². The maximum absolute atomic E-state index is 13.4. The fourth-order valence-electron chi connectivity index (χ4n) is 4.32. The Balaban J connectivity index is 1.81. The Morgan fingerprint density at radius 1 is 1.13 bits per heavy atom. The highest BCUT2D eigenvalue weighted by molar-refractivity contribution is 5.76. The van der Waals surface area contributed by atoms with Gasteiger partial charge in [0.15, 0.2) is 11.2 Å². The van der Waals surface area contributed by atoms with Crippen LogP contribution < -0.4 is 16.6 Å². The first-order valence-corrected chi connectivity index (χ1v) is 11.1. The molecule has 1 saturated carbocycles. The summed E-state index contributed by atoms with van der Waals surface area (Å²) in [5.41, 5.74) is 0.763. The zero-order valence-corrected chi connectivity index (χ0v) is 17.9. The van der Waals surface area contributed by atoms with Crippen molar-refractivity contribution < 1.29 is 4.79 Å². The lowest BCUT2D eigenvalue weighted by atomic mass is 10.2. The molecule has 0 radical (unpaired) electrons. The molecule has 0 aliphatic heterocycles. The minimum atomic E-state index is -0.510. The number of carbonyl (C=O) groups is 1. The summed E-state index contributed by atoms with van der Waals surface area (Å²) in [5, 5.41) is 2.80. The van der Waals surface area contributed by atoms with Gasteiger partial charge >= 0.3 is 5.69 Å². The van der Waals surface area contributed by atoms with Gasteiger partial charge in [-0.05, 0) is 24.8 Å².